The third kappa shape index (κ3) is 2.31. The lowest BCUT2D eigenvalue weighted by Crippen LogP contribution is -2.35. The van der Waals surface area contributed by atoms with E-state index >= 15 is 0 Å². The fourth-order valence-electron chi connectivity index (χ4n) is 3.20. The maximum atomic E-state index is 14.1. The number of hydrogen-bond acceptors (Lipinski definition) is 1. The molecular formula is C16H22FN. The van der Waals surface area contributed by atoms with Gasteiger partial charge >= 0.3 is 0 Å². The molecule has 0 amide bonds. The van der Waals surface area contributed by atoms with Gasteiger partial charge in [-0.2, -0.15) is 0 Å². The van der Waals surface area contributed by atoms with Crippen LogP contribution in [0.25, 0.3) is 0 Å². The summed E-state index contributed by atoms with van der Waals surface area (Å²) in [4.78, 5) is 0. The van der Waals surface area contributed by atoms with Gasteiger partial charge in [-0.05, 0) is 80.7 Å². The Labute approximate surface area is 109 Å². The lowest BCUT2D eigenvalue weighted by atomic mass is 9.68. The van der Waals surface area contributed by atoms with E-state index in [1.165, 1.54) is 19.3 Å². The number of hydrogen-bond donors (Lipinski definition) is 1. The largest absolute Gasteiger partial charge is 0.314 e. The standard InChI is InChI=1S/C16H22FN/c1-10-7-11(2)16(15(17)8-10)14-6-3-12(14)9-18-13-4-5-13/h7-8,12-14,18H,3-6,9H2,1-2H3. The number of rotatable bonds is 4. The van der Waals surface area contributed by atoms with Gasteiger partial charge in [0.1, 0.15) is 5.82 Å². The summed E-state index contributed by atoms with van der Waals surface area (Å²) in [6, 6.07) is 4.56. The third-order valence-corrected chi connectivity index (χ3v) is 4.52. The van der Waals surface area contributed by atoms with Gasteiger partial charge in [-0.25, -0.2) is 4.39 Å². The van der Waals surface area contributed by atoms with Crippen LogP contribution in [0.4, 0.5) is 4.39 Å². The molecule has 2 aliphatic rings. The molecule has 0 spiro atoms. The van der Waals surface area contributed by atoms with E-state index in [2.05, 4.69) is 18.3 Å². The average molecular weight is 247 g/mol. The summed E-state index contributed by atoms with van der Waals surface area (Å²) in [7, 11) is 0. The topological polar surface area (TPSA) is 12.0 Å². The summed E-state index contributed by atoms with van der Waals surface area (Å²) in [6.07, 6.45) is 5.06. The number of benzene rings is 1. The lowest BCUT2D eigenvalue weighted by molar-refractivity contribution is 0.239. The van der Waals surface area contributed by atoms with E-state index in [0.717, 1.165) is 35.7 Å². The fraction of sp³-hybridized carbons (Fsp3) is 0.625. The van der Waals surface area contributed by atoms with Crippen molar-refractivity contribution in [3.05, 3.63) is 34.6 Å². The first kappa shape index (κ1) is 12.2. The van der Waals surface area contributed by atoms with E-state index in [-0.39, 0.29) is 5.82 Å². The van der Waals surface area contributed by atoms with Gasteiger partial charge in [0.05, 0.1) is 0 Å². The zero-order valence-corrected chi connectivity index (χ0v) is 11.3. The van der Waals surface area contributed by atoms with Crippen LogP contribution in [-0.4, -0.2) is 12.6 Å². The summed E-state index contributed by atoms with van der Waals surface area (Å²) >= 11 is 0. The van der Waals surface area contributed by atoms with Crippen LogP contribution in [0.15, 0.2) is 12.1 Å². The van der Waals surface area contributed by atoms with E-state index in [0.29, 0.717) is 11.8 Å². The Hall–Kier alpha value is -0.890. The molecule has 0 heterocycles. The average Bonchev–Trinajstić information content (AvgIpc) is 3.05. The lowest BCUT2D eigenvalue weighted by Gasteiger charge is -2.38. The molecule has 0 aliphatic heterocycles. The van der Waals surface area contributed by atoms with Crippen molar-refractivity contribution in [2.75, 3.05) is 6.54 Å². The monoisotopic (exact) mass is 247 g/mol. The van der Waals surface area contributed by atoms with Gasteiger partial charge in [-0.15, -0.1) is 0 Å². The van der Waals surface area contributed by atoms with Gasteiger partial charge in [0, 0.05) is 6.04 Å². The molecule has 2 atom stereocenters. The molecule has 1 N–H and O–H groups in total. The molecule has 3 rings (SSSR count). The van der Waals surface area contributed by atoms with Crippen LogP contribution in [0, 0.1) is 25.6 Å². The van der Waals surface area contributed by atoms with Gasteiger partial charge < -0.3 is 5.32 Å². The highest BCUT2D eigenvalue weighted by atomic mass is 19.1. The van der Waals surface area contributed by atoms with Crippen molar-refractivity contribution in [3.63, 3.8) is 0 Å². The second-order valence-electron chi connectivity index (χ2n) is 6.10. The van der Waals surface area contributed by atoms with E-state index in [4.69, 9.17) is 0 Å². The van der Waals surface area contributed by atoms with Crippen LogP contribution < -0.4 is 5.32 Å². The quantitative estimate of drug-likeness (QED) is 0.855. The van der Waals surface area contributed by atoms with Gasteiger partial charge in [0.2, 0.25) is 0 Å². The normalized spacial score (nSPS) is 27.1. The first-order valence-corrected chi connectivity index (χ1v) is 7.15. The van der Waals surface area contributed by atoms with Crippen molar-refractivity contribution in [3.8, 4) is 0 Å². The molecule has 98 valence electrons. The Bertz CT molecular complexity index is 427. The van der Waals surface area contributed by atoms with Crippen LogP contribution in [-0.2, 0) is 0 Å². The minimum atomic E-state index is 0.00798. The zero-order chi connectivity index (χ0) is 12.7. The maximum absolute atomic E-state index is 14.1. The minimum Gasteiger partial charge on any atom is -0.314 e. The first-order valence-electron chi connectivity index (χ1n) is 7.15. The van der Waals surface area contributed by atoms with E-state index in [9.17, 15) is 4.39 Å². The highest BCUT2D eigenvalue weighted by molar-refractivity contribution is 5.36. The van der Waals surface area contributed by atoms with E-state index in [1.807, 2.05) is 6.92 Å². The van der Waals surface area contributed by atoms with Crippen molar-refractivity contribution in [2.24, 2.45) is 5.92 Å². The van der Waals surface area contributed by atoms with Crippen molar-refractivity contribution in [2.45, 2.75) is 51.5 Å². The number of nitrogens with one attached hydrogen (secondary N) is 1. The Balaban J connectivity index is 1.73. The van der Waals surface area contributed by atoms with Crippen LogP contribution in [0.5, 0.6) is 0 Å². The predicted octanol–water partition coefficient (Wildman–Crippen LogP) is 3.69. The zero-order valence-electron chi connectivity index (χ0n) is 11.3. The van der Waals surface area contributed by atoms with Gasteiger partial charge in [0.15, 0.2) is 0 Å². The molecule has 2 saturated carbocycles. The molecule has 2 aliphatic carbocycles. The molecule has 0 bridgehead atoms. The van der Waals surface area contributed by atoms with E-state index in [1.54, 1.807) is 6.07 Å². The molecule has 2 heteroatoms. The SMILES string of the molecule is Cc1cc(C)c(C2CCC2CNC2CC2)c(F)c1. The minimum absolute atomic E-state index is 0.00798. The summed E-state index contributed by atoms with van der Waals surface area (Å²) in [5.41, 5.74) is 3.14. The summed E-state index contributed by atoms with van der Waals surface area (Å²) in [5.74, 6) is 1.09. The Morgan fingerprint density at radius 1 is 1.17 bits per heavy atom. The molecule has 1 nitrogen and oxygen atoms in total. The molecule has 1 aromatic rings. The van der Waals surface area contributed by atoms with Crippen molar-refractivity contribution < 1.29 is 4.39 Å². The number of aryl methyl sites for hydroxylation is 2. The van der Waals surface area contributed by atoms with Gasteiger partial charge in [-0.1, -0.05) is 6.07 Å². The van der Waals surface area contributed by atoms with Crippen LogP contribution >= 0.6 is 0 Å². The summed E-state index contributed by atoms with van der Waals surface area (Å²) < 4.78 is 14.1. The second kappa shape index (κ2) is 4.65. The third-order valence-electron chi connectivity index (χ3n) is 4.52. The highest BCUT2D eigenvalue weighted by Gasteiger charge is 2.35. The second-order valence-corrected chi connectivity index (χ2v) is 6.10. The number of halogens is 1. The van der Waals surface area contributed by atoms with Crippen molar-refractivity contribution in [1.82, 2.24) is 5.32 Å². The van der Waals surface area contributed by atoms with E-state index < -0.39 is 0 Å². The molecule has 0 aromatic heterocycles. The molecular weight excluding hydrogens is 225 g/mol. The van der Waals surface area contributed by atoms with Crippen LogP contribution in [0.2, 0.25) is 0 Å². The van der Waals surface area contributed by atoms with Crippen molar-refractivity contribution >= 4 is 0 Å². The smallest absolute Gasteiger partial charge is 0.127 e. The molecule has 2 fully saturated rings. The predicted molar refractivity (Wildman–Crippen MR) is 72.4 cm³/mol. The van der Waals surface area contributed by atoms with Gasteiger partial charge in [0.25, 0.3) is 0 Å². The summed E-state index contributed by atoms with van der Waals surface area (Å²) in [5, 5.41) is 3.59. The fourth-order valence-corrected chi connectivity index (χ4v) is 3.20. The molecule has 1 aromatic carbocycles. The molecule has 18 heavy (non-hydrogen) atoms. The molecule has 2 unspecified atom stereocenters. The van der Waals surface area contributed by atoms with Crippen LogP contribution in [0.3, 0.4) is 0 Å². The van der Waals surface area contributed by atoms with Gasteiger partial charge in [-0.3, -0.25) is 0 Å². The maximum Gasteiger partial charge on any atom is 0.127 e. The van der Waals surface area contributed by atoms with Crippen LogP contribution in [0.1, 0.15) is 48.3 Å². The Morgan fingerprint density at radius 2 is 1.94 bits per heavy atom. The molecule has 0 saturated heterocycles. The Morgan fingerprint density at radius 3 is 2.50 bits per heavy atom. The highest BCUT2D eigenvalue weighted by Crippen LogP contribution is 2.44. The molecule has 0 radical (unpaired) electrons. The first-order chi connectivity index (χ1) is 8.65. The van der Waals surface area contributed by atoms with Crippen molar-refractivity contribution in [1.29, 1.82) is 0 Å². The Kier molecular flexibility index (Phi) is 3.14. The summed E-state index contributed by atoms with van der Waals surface area (Å²) in [6.45, 7) is 5.09.